The Balaban J connectivity index is 2.23. The van der Waals surface area contributed by atoms with Crippen molar-refractivity contribution in [1.82, 2.24) is 10.2 Å². The van der Waals surface area contributed by atoms with Gasteiger partial charge in [0.05, 0.1) is 5.69 Å². The van der Waals surface area contributed by atoms with Crippen LogP contribution in [0.1, 0.15) is 25.7 Å². The van der Waals surface area contributed by atoms with Crippen LogP contribution < -0.4 is 4.90 Å². The third kappa shape index (κ3) is 2.34. The van der Waals surface area contributed by atoms with E-state index < -0.39 is 0 Å². The maximum absolute atomic E-state index is 6.00. The fourth-order valence-corrected chi connectivity index (χ4v) is 2.45. The van der Waals surface area contributed by atoms with Crippen molar-refractivity contribution in [3.05, 3.63) is 16.4 Å². The molecule has 1 aliphatic carbocycles. The zero-order chi connectivity index (χ0) is 10.8. The van der Waals surface area contributed by atoms with E-state index >= 15 is 0 Å². The molecular weight excluding hydrogens is 233 g/mol. The minimum atomic E-state index is 0.388. The SMILES string of the molecule is CN(c1cc(Cl)nnc1Cl)C1CCCC1. The van der Waals surface area contributed by atoms with E-state index in [4.69, 9.17) is 23.2 Å². The second-order valence-corrected chi connectivity index (χ2v) is 4.64. The topological polar surface area (TPSA) is 29.0 Å². The minimum Gasteiger partial charge on any atom is -0.369 e. The normalized spacial score (nSPS) is 17.0. The highest BCUT2D eigenvalue weighted by Gasteiger charge is 2.22. The predicted molar refractivity (Wildman–Crippen MR) is 62.7 cm³/mol. The quantitative estimate of drug-likeness (QED) is 0.802. The molecule has 3 nitrogen and oxygen atoms in total. The van der Waals surface area contributed by atoms with Gasteiger partial charge in [0.25, 0.3) is 0 Å². The molecule has 1 aliphatic rings. The van der Waals surface area contributed by atoms with Crippen molar-refractivity contribution < 1.29 is 0 Å². The van der Waals surface area contributed by atoms with Crippen molar-refractivity contribution in [3.8, 4) is 0 Å². The summed E-state index contributed by atoms with van der Waals surface area (Å²) in [5.41, 5.74) is 0.878. The first-order valence-corrected chi connectivity index (χ1v) is 5.85. The van der Waals surface area contributed by atoms with Crippen LogP contribution >= 0.6 is 23.2 Å². The molecule has 0 aliphatic heterocycles. The van der Waals surface area contributed by atoms with Gasteiger partial charge in [-0.15, -0.1) is 10.2 Å². The molecule has 0 bridgehead atoms. The Morgan fingerprint density at radius 3 is 2.60 bits per heavy atom. The van der Waals surface area contributed by atoms with Gasteiger partial charge in [0.1, 0.15) is 0 Å². The third-order valence-corrected chi connectivity index (χ3v) is 3.41. The van der Waals surface area contributed by atoms with Gasteiger partial charge in [0, 0.05) is 19.2 Å². The Morgan fingerprint density at radius 1 is 1.27 bits per heavy atom. The summed E-state index contributed by atoms with van der Waals surface area (Å²) in [4.78, 5) is 2.16. The molecule has 0 radical (unpaired) electrons. The molecule has 0 N–H and O–H groups in total. The number of hydrogen-bond donors (Lipinski definition) is 0. The lowest BCUT2D eigenvalue weighted by Gasteiger charge is -2.26. The molecule has 5 heteroatoms. The lowest BCUT2D eigenvalue weighted by Crippen LogP contribution is -2.29. The summed E-state index contributed by atoms with van der Waals surface area (Å²) in [6, 6.07) is 2.33. The molecule has 1 aromatic heterocycles. The van der Waals surface area contributed by atoms with Gasteiger partial charge in [-0.3, -0.25) is 0 Å². The van der Waals surface area contributed by atoms with Gasteiger partial charge in [-0.25, -0.2) is 0 Å². The van der Waals surface area contributed by atoms with Crippen LogP contribution in [-0.4, -0.2) is 23.3 Å². The maximum atomic E-state index is 6.00. The summed E-state index contributed by atoms with van der Waals surface area (Å²) in [5, 5.41) is 8.33. The summed E-state index contributed by atoms with van der Waals surface area (Å²) in [5.74, 6) is 0. The highest BCUT2D eigenvalue weighted by Crippen LogP contribution is 2.31. The van der Waals surface area contributed by atoms with Gasteiger partial charge >= 0.3 is 0 Å². The van der Waals surface area contributed by atoms with Crippen molar-refractivity contribution >= 4 is 28.9 Å². The summed E-state index contributed by atoms with van der Waals surface area (Å²) in [6.07, 6.45) is 5.01. The standard InChI is InChI=1S/C10H13Cl2N3/c1-15(7-4-2-3-5-7)8-6-9(11)13-14-10(8)12/h6-7H,2-5H2,1H3. The van der Waals surface area contributed by atoms with Crippen LogP contribution in [-0.2, 0) is 0 Å². The van der Waals surface area contributed by atoms with Gasteiger partial charge < -0.3 is 4.90 Å². The lowest BCUT2D eigenvalue weighted by atomic mass is 10.2. The fourth-order valence-electron chi connectivity index (χ4n) is 2.08. The van der Waals surface area contributed by atoms with Crippen molar-refractivity contribution in [1.29, 1.82) is 0 Å². The van der Waals surface area contributed by atoms with Gasteiger partial charge in [-0.05, 0) is 12.8 Å². The second kappa shape index (κ2) is 4.54. The minimum absolute atomic E-state index is 0.388. The van der Waals surface area contributed by atoms with Crippen molar-refractivity contribution in [3.63, 3.8) is 0 Å². The van der Waals surface area contributed by atoms with Gasteiger partial charge in [-0.1, -0.05) is 36.0 Å². The Bertz CT molecular complexity index is 351. The van der Waals surface area contributed by atoms with E-state index in [1.807, 2.05) is 7.05 Å². The van der Waals surface area contributed by atoms with Gasteiger partial charge in [0.2, 0.25) is 0 Å². The number of anilines is 1. The molecule has 1 saturated carbocycles. The maximum Gasteiger partial charge on any atom is 0.175 e. The van der Waals surface area contributed by atoms with Crippen LogP contribution in [0, 0.1) is 0 Å². The van der Waals surface area contributed by atoms with Crippen molar-refractivity contribution in [2.24, 2.45) is 0 Å². The van der Waals surface area contributed by atoms with Crippen LogP contribution in [0.3, 0.4) is 0 Å². The summed E-state index contributed by atoms with van der Waals surface area (Å²) >= 11 is 11.8. The number of hydrogen-bond acceptors (Lipinski definition) is 3. The van der Waals surface area contributed by atoms with E-state index in [0.29, 0.717) is 16.3 Å². The largest absolute Gasteiger partial charge is 0.369 e. The molecule has 0 amide bonds. The van der Waals surface area contributed by atoms with Crippen LogP contribution in [0.15, 0.2) is 6.07 Å². The predicted octanol–water partition coefficient (Wildman–Crippen LogP) is 3.16. The zero-order valence-corrected chi connectivity index (χ0v) is 10.1. The van der Waals surface area contributed by atoms with E-state index in [-0.39, 0.29) is 0 Å². The monoisotopic (exact) mass is 245 g/mol. The van der Waals surface area contributed by atoms with E-state index in [0.717, 1.165) is 5.69 Å². The molecule has 0 spiro atoms. The zero-order valence-electron chi connectivity index (χ0n) is 8.58. The number of aromatic nitrogens is 2. The van der Waals surface area contributed by atoms with Crippen molar-refractivity contribution in [2.75, 3.05) is 11.9 Å². The molecule has 2 rings (SSSR count). The molecular formula is C10H13Cl2N3. The fraction of sp³-hybridized carbons (Fsp3) is 0.600. The Kier molecular flexibility index (Phi) is 3.32. The molecule has 1 heterocycles. The van der Waals surface area contributed by atoms with Crippen LogP contribution in [0.2, 0.25) is 10.3 Å². The van der Waals surface area contributed by atoms with Crippen molar-refractivity contribution in [2.45, 2.75) is 31.7 Å². The van der Waals surface area contributed by atoms with Crippen LogP contribution in [0.25, 0.3) is 0 Å². The summed E-state index contributed by atoms with van der Waals surface area (Å²) in [6.45, 7) is 0. The van der Waals surface area contributed by atoms with Crippen LogP contribution in [0.4, 0.5) is 5.69 Å². The van der Waals surface area contributed by atoms with E-state index in [1.54, 1.807) is 6.07 Å². The first-order valence-electron chi connectivity index (χ1n) is 5.10. The molecule has 0 saturated heterocycles. The molecule has 0 atom stereocenters. The molecule has 1 aromatic rings. The highest BCUT2D eigenvalue weighted by atomic mass is 35.5. The number of halogens is 2. The molecule has 0 unspecified atom stereocenters. The Morgan fingerprint density at radius 2 is 1.93 bits per heavy atom. The molecule has 0 aromatic carbocycles. The first-order chi connectivity index (χ1) is 7.18. The third-order valence-electron chi connectivity index (χ3n) is 2.95. The summed E-state index contributed by atoms with van der Waals surface area (Å²) < 4.78 is 0. The summed E-state index contributed by atoms with van der Waals surface area (Å²) in [7, 11) is 2.04. The van der Waals surface area contributed by atoms with E-state index in [1.165, 1.54) is 25.7 Å². The molecule has 15 heavy (non-hydrogen) atoms. The Hall–Kier alpha value is -0.540. The van der Waals surface area contributed by atoms with Gasteiger partial charge in [-0.2, -0.15) is 0 Å². The Labute approximate surface area is 99.4 Å². The van der Waals surface area contributed by atoms with E-state index in [9.17, 15) is 0 Å². The molecule has 1 fully saturated rings. The smallest absolute Gasteiger partial charge is 0.175 e. The number of nitrogens with zero attached hydrogens (tertiary/aromatic N) is 3. The van der Waals surface area contributed by atoms with E-state index in [2.05, 4.69) is 15.1 Å². The highest BCUT2D eigenvalue weighted by molar-refractivity contribution is 6.33. The first kappa shape index (κ1) is 11.0. The van der Waals surface area contributed by atoms with Crippen LogP contribution in [0.5, 0.6) is 0 Å². The average Bonchev–Trinajstić information content (AvgIpc) is 2.74. The molecule has 82 valence electrons. The lowest BCUT2D eigenvalue weighted by molar-refractivity contribution is 0.651. The second-order valence-electron chi connectivity index (χ2n) is 3.89. The van der Waals surface area contributed by atoms with Gasteiger partial charge in [0.15, 0.2) is 10.3 Å². The average molecular weight is 246 g/mol. The number of rotatable bonds is 2.